The Morgan fingerprint density at radius 2 is 1.12 bits per heavy atom. The third-order valence-electron chi connectivity index (χ3n) is 4.66. The first kappa shape index (κ1) is 18.4. The van der Waals surface area contributed by atoms with Crippen LogP contribution in [0.1, 0.15) is 36.5 Å². The average Bonchev–Trinajstić information content (AvgIpc) is 2.71. The van der Waals surface area contributed by atoms with Crippen LogP contribution in [0.3, 0.4) is 0 Å². The third-order valence-corrected chi connectivity index (χ3v) is 4.66. The molecule has 0 bridgehead atoms. The normalized spacial score (nSPS) is 12.7. The van der Waals surface area contributed by atoms with Crippen LogP contribution in [0, 0.1) is 0 Å². The fourth-order valence-electron chi connectivity index (χ4n) is 3.41. The maximum absolute atomic E-state index is 10.3. The van der Waals surface area contributed by atoms with Crippen LogP contribution in [0.15, 0.2) is 91.0 Å². The van der Waals surface area contributed by atoms with Gasteiger partial charge in [0.15, 0.2) is 0 Å². The van der Waals surface area contributed by atoms with E-state index in [0.717, 1.165) is 29.5 Å². The maximum Gasteiger partial charge on any atom is 0.143 e. The van der Waals surface area contributed by atoms with Crippen molar-refractivity contribution in [3.05, 3.63) is 108 Å². The molecule has 0 aromatic heterocycles. The lowest BCUT2D eigenvalue weighted by molar-refractivity contribution is -0.0401. The molecule has 1 N–H and O–H groups in total. The summed E-state index contributed by atoms with van der Waals surface area (Å²) < 4.78 is 6.55. The van der Waals surface area contributed by atoms with Crippen LogP contribution in [-0.2, 0) is 10.3 Å². The summed E-state index contributed by atoms with van der Waals surface area (Å²) in [5.74, 6) is 0. The van der Waals surface area contributed by atoms with Crippen molar-refractivity contribution in [2.24, 2.45) is 0 Å². The smallest absolute Gasteiger partial charge is 0.143 e. The van der Waals surface area contributed by atoms with Gasteiger partial charge in [0.25, 0.3) is 0 Å². The lowest BCUT2D eigenvalue weighted by Crippen LogP contribution is -2.35. The van der Waals surface area contributed by atoms with Gasteiger partial charge in [-0.25, -0.2) is 0 Å². The second-order valence-electron chi connectivity index (χ2n) is 6.53. The van der Waals surface area contributed by atoms with Crippen molar-refractivity contribution in [2.75, 3.05) is 6.61 Å². The Kier molecular flexibility index (Phi) is 6.21. The number of aliphatic hydroxyl groups excluding tert-OH is 1. The number of aliphatic hydroxyl groups is 1. The van der Waals surface area contributed by atoms with Gasteiger partial charge in [-0.3, -0.25) is 0 Å². The molecule has 0 aliphatic carbocycles. The number of hydrogen-bond donors (Lipinski definition) is 1. The quantitative estimate of drug-likeness (QED) is 0.571. The van der Waals surface area contributed by atoms with E-state index in [4.69, 9.17) is 4.74 Å². The molecule has 0 spiro atoms. The third kappa shape index (κ3) is 3.87. The lowest BCUT2D eigenvalue weighted by Gasteiger charge is -2.36. The van der Waals surface area contributed by atoms with Crippen molar-refractivity contribution in [3.8, 4) is 0 Å². The summed E-state index contributed by atoms with van der Waals surface area (Å²) in [6.45, 7) is 2.36. The minimum Gasteiger partial charge on any atom is -0.391 e. The van der Waals surface area contributed by atoms with Crippen molar-refractivity contribution >= 4 is 0 Å². The molecule has 0 aliphatic rings. The van der Waals surface area contributed by atoms with Gasteiger partial charge in [-0.05, 0) is 23.1 Å². The Morgan fingerprint density at radius 3 is 1.46 bits per heavy atom. The summed E-state index contributed by atoms with van der Waals surface area (Å²) in [6, 6.07) is 30.7. The van der Waals surface area contributed by atoms with Crippen LogP contribution in [0.25, 0.3) is 0 Å². The van der Waals surface area contributed by atoms with Gasteiger partial charge in [-0.1, -0.05) is 104 Å². The summed E-state index contributed by atoms with van der Waals surface area (Å²) in [5, 5.41) is 10.3. The van der Waals surface area contributed by atoms with Gasteiger partial charge < -0.3 is 9.84 Å². The van der Waals surface area contributed by atoms with Crippen molar-refractivity contribution < 1.29 is 9.84 Å². The van der Waals surface area contributed by atoms with Crippen LogP contribution in [0.2, 0.25) is 0 Å². The van der Waals surface area contributed by atoms with Crippen LogP contribution < -0.4 is 0 Å². The van der Waals surface area contributed by atoms with Gasteiger partial charge in [0.2, 0.25) is 0 Å². The number of benzene rings is 3. The average molecular weight is 346 g/mol. The molecule has 0 saturated carbocycles. The van der Waals surface area contributed by atoms with Crippen molar-refractivity contribution in [3.63, 3.8) is 0 Å². The highest BCUT2D eigenvalue weighted by molar-refractivity contribution is 5.47. The molecular formula is C24H26O2. The lowest BCUT2D eigenvalue weighted by atomic mass is 9.80. The van der Waals surface area contributed by atoms with Crippen LogP contribution in [0.4, 0.5) is 0 Å². The molecule has 0 fully saturated rings. The van der Waals surface area contributed by atoms with Gasteiger partial charge in [-0.2, -0.15) is 0 Å². The second-order valence-corrected chi connectivity index (χ2v) is 6.53. The van der Waals surface area contributed by atoms with E-state index < -0.39 is 11.7 Å². The van der Waals surface area contributed by atoms with E-state index in [2.05, 4.69) is 43.3 Å². The molecule has 1 atom stereocenters. The molecule has 2 nitrogen and oxygen atoms in total. The van der Waals surface area contributed by atoms with Crippen molar-refractivity contribution in [1.82, 2.24) is 0 Å². The molecule has 0 aliphatic heterocycles. The summed E-state index contributed by atoms with van der Waals surface area (Å²) in [7, 11) is 0. The van der Waals surface area contributed by atoms with Crippen molar-refractivity contribution in [1.29, 1.82) is 0 Å². The predicted molar refractivity (Wildman–Crippen MR) is 106 cm³/mol. The largest absolute Gasteiger partial charge is 0.391 e. The summed E-state index contributed by atoms with van der Waals surface area (Å²) in [5.41, 5.74) is 2.42. The highest BCUT2D eigenvalue weighted by Crippen LogP contribution is 2.40. The minimum absolute atomic E-state index is 0.284. The first-order valence-corrected chi connectivity index (χ1v) is 9.26. The Balaban J connectivity index is 2.15. The standard InChI is InChI=1S/C24H26O2/c1-2-12-23(25)19-26-24(20-13-6-3-7-14-20,21-15-8-4-9-16-21)22-17-10-5-11-18-22/h3-11,13-18,23,25H,2,12,19H2,1H3. The van der Waals surface area contributed by atoms with E-state index in [1.807, 2.05) is 54.6 Å². The molecule has 3 aromatic rings. The highest BCUT2D eigenvalue weighted by Gasteiger charge is 2.37. The van der Waals surface area contributed by atoms with Gasteiger partial charge in [0.05, 0.1) is 12.7 Å². The monoisotopic (exact) mass is 346 g/mol. The van der Waals surface area contributed by atoms with Crippen LogP contribution in [0.5, 0.6) is 0 Å². The minimum atomic E-state index is -0.751. The van der Waals surface area contributed by atoms with Crippen LogP contribution >= 0.6 is 0 Å². The van der Waals surface area contributed by atoms with Gasteiger partial charge in [-0.15, -0.1) is 0 Å². The van der Waals surface area contributed by atoms with Crippen molar-refractivity contribution in [2.45, 2.75) is 31.5 Å². The Morgan fingerprint density at radius 1 is 0.731 bits per heavy atom. The molecule has 134 valence electrons. The van der Waals surface area contributed by atoms with E-state index in [-0.39, 0.29) is 6.61 Å². The highest BCUT2D eigenvalue weighted by atomic mass is 16.5. The second kappa shape index (κ2) is 8.79. The van der Waals surface area contributed by atoms with E-state index in [1.54, 1.807) is 0 Å². The molecule has 0 heterocycles. The Labute approximate surface area is 156 Å². The maximum atomic E-state index is 10.3. The molecule has 0 saturated heterocycles. The Hall–Kier alpha value is -2.42. The van der Waals surface area contributed by atoms with Gasteiger partial charge in [0, 0.05) is 0 Å². The predicted octanol–water partition coefficient (Wildman–Crippen LogP) is 5.16. The number of ether oxygens (including phenoxy) is 1. The molecule has 2 heteroatoms. The topological polar surface area (TPSA) is 29.5 Å². The molecule has 3 aromatic carbocycles. The summed E-state index contributed by atoms with van der Waals surface area (Å²) in [6.07, 6.45) is 1.18. The summed E-state index contributed by atoms with van der Waals surface area (Å²) >= 11 is 0. The zero-order valence-corrected chi connectivity index (χ0v) is 15.2. The molecule has 0 radical (unpaired) electrons. The van der Waals surface area contributed by atoms with E-state index >= 15 is 0 Å². The molecule has 26 heavy (non-hydrogen) atoms. The summed E-state index contributed by atoms with van der Waals surface area (Å²) in [4.78, 5) is 0. The number of hydrogen-bond acceptors (Lipinski definition) is 2. The van der Waals surface area contributed by atoms with E-state index in [0.29, 0.717) is 0 Å². The van der Waals surface area contributed by atoms with Gasteiger partial charge in [0.1, 0.15) is 5.60 Å². The zero-order chi connectivity index (χ0) is 18.2. The van der Waals surface area contributed by atoms with Gasteiger partial charge >= 0.3 is 0 Å². The first-order valence-electron chi connectivity index (χ1n) is 9.26. The molecule has 3 rings (SSSR count). The van der Waals surface area contributed by atoms with E-state index in [9.17, 15) is 5.11 Å². The van der Waals surface area contributed by atoms with E-state index in [1.165, 1.54) is 0 Å². The molecule has 1 unspecified atom stereocenters. The molecule has 0 amide bonds. The first-order chi connectivity index (χ1) is 12.8. The zero-order valence-electron chi connectivity index (χ0n) is 15.2. The van der Waals surface area contributed by atoms with Crippen LogP contribution in [-0.4, -0.2) is 17.8 Å². The Bertz CT molecular complexity index is 672. The fraction of sp³-hybridized carbons (Fsp3) is 0.250. The SMILES string of the molecule is CCCC(O)COC(c1ccccc1)(c1ccccc1)c1ccccc1. The fourth-order valence-corrected chi connectivity index (χ4v) is 3.41. The molecular weight excluding hydrogens is 320 g/mol. The number of rotatable bonds is 8.